The molecule has 0 fully saturated rings. The third-order valence-electron chi connectivity index (χ3n) is 4.28. The number of rotatable bonds is 7. The molecule has 148 valence electrons. The number of hydrogen-bond acceptors (Lipinski definition) is 4. The topological polar surface area (TPSA) is 76.0 Å². The molecular weight excluding hydrogens is 396 g/mol. The van der Waals surface area contributed by atoms with Crippen LogP contribution in [0.1, 0.15) is 36.1 Å². The smallest absolute Gasteiger partial charge is 0.261 e. The van der Waals surface area contributed by atoms with Gasteiger partial charge in [0.25, 0.3) is 5.91 Å². The molecule has 0 spiro atoms. The van der Waals surface area contributed by atoms with Gasteiger partial charge in [-0.15, -0.1) is 11.3 Å². The van der Waals surface area contributed by atoms with E-state index in [2.05, 4.69) is 15.7 Å². The van der Waals surface area contributed by atoms with Crippen molar-refractivity contribution < 1.29 is 9.59 Å². The van der Waals surface area contributed by atoms with Gasteiger partial charge in [0.1, 0.15) is 4.83 Å². The summed E-state index contributed by atoms with van der Waals surface area (Å²) in [6, 6.07) is 9.37. The zero-order chi connectivity index (χ0) is 20.3. The molecule has 2 N–H and O–H groups in total. The lowest BCUT2D eigenvalue weighted by atomic mass is 10.2. The number of amides is 2. The van der Waals surface area contributed by atoms with Crippen molar-refractivity contribution in [2.75, 3.05) is 13.1 Å². The SMILES string of the molecule is CCc1nn(-c2cccc(Cl)c2)c2sc(C(=O)NCCNC(=O)C(C)C)cc12. The second-order valence-electron chi connectivity index (χ2n) is 6.72. The monoisotopic (exact) mass is 418 g/mol. The molecule has 8 heteroatoms. The summed E-state index contributed by atoms with van der Waals surface area (Å²) >= 11 is 7.52. The molecule has 0 aliphatic carbocycles. The van der Waals surface area contributed by atoms with Crippen LogP contribution in [0.5, 0.6) is 0 Å². The molecule has 3 rings (SSSR count). The lowest BCUT2D eigenvalue weighted by Gasteiger charge is -2.08. The summed E-state index contributed by atoms with van der Waals surface area (Å²) in [4.78, 5) is 25.6. The van der Waals surface area contributed by atoms with Crippen molar-refractivity contribution in [3.05, 3.63) is 45.9 Å². The van der Waals surface area contributed by atoms with Gasteiger partial charge in [0.2, 0.25) is 5.91 Å². The Labute approximate surface area is 172 Å². The number of fused-ring (bicyclic) bond motifs is 1. The number of aromatic nitrogens is 2. The summed E-state index contributed by atoms with van der Waals surface area (Å²) in [5, 5.41) is 11.9. The number of nitrogens with zero attached hydrogens (tertiary/aromatic N) is 2. The van der Waals surface area contributed by atoms with Crippen molar-refractivity contribution in [2.24, 2.45) is 5.92 Å². The zero-order valence-corrected chi connectivity index (χ0v) is 17.7. The lowest BCUT2D eigenvalue weighted by molar-refractivity contribution is -0.123. The van der Waals surface area contributed by atoms with Crippen LogP contribution in [0, 0.1) is 5.92 Å². The zero-order valence-electron chi connectivity index (χ0n) is 16.1. The van der Waals surface area contributed by atoms with Crippen molar-refractivity contribution in [2.45, 2.75) is 27.2 Å². The molecule has 0 unspecified atom stereocenters. The van der Waals surface area contributed by atoms with Crippen LogP contribution in [0.2, 0.25) is 5.02 Å². The van der Waals surface area contributed by atoms with E-state index in [0.717, 1.165) is 28.0 Å². The van der Waals surface area contributed by atoms with Gasteiger partial charge in [-0.05, 0) is 30.7 Å². The number of thiophene rings is 1. The number of hydrogen-bond donors (Lipinski definition) is 2. The van der Waals surface area contributed by atoms with E-state index in [4.69, 9.17) is 11.6 Å². The molecule has 0 saturated carbocycles. The van der Waals surface area contributed by atoms with Crippen molar-refractivity contribution in [3.63, 3.8) is 0 Å². The Kier molecular flexibility index (Phi) is 6.36. The maximum Gasteiger partial charge on any atom is 0.261 e. The summed E-state index contributed by atoms with van der Waals surface area (Å²) in [5.41, 5.74) is 1.80. The fourth-order valence-corrected chi connectivity index (χ4v) is 4.03. The molecule has 6 nitrogen and oxygen atoms in total. The van der Waals surface area contributed by atoms with E-state index < -0.39 is 0 Å². The maximum absolute atomic E-state index is 12.5. The van der Waals surface area contributed by atoms with Gasteiger partial charge in [0.05, 0.1) is 16.3 Å². The average Bonchev–Trinajstić information content (AvgIpc) is 3.24. The summed E-state index contributed by atoms with van der Waals surface area (Å²) < 4.78 is 1.84. The van der Waals surface area contributed by atoms with Gasteiger partial charge >= 0.3 is 0 Å². The van der Waals surface area contributed by atoms with E-state index in [1.807, 2.05) is 55.8 Å². The van der Waals surface area contributed by atoms with Gasteiger partial charge in [-0.2, -0.15) is 5.10 Å². The van der Waals surface area contributed by atoms with E-state index in [1.54, 1.807) is 0 Å². The van der Waals surface area contributed by atoms with E-state index in [9.17, 15) is 9.59 Å². The second kappa shape index (κ2) is 8.75. The highest BCUT2D eigenvalue weighted by Crippen LogP contribution is 2.31. The molecule has 3 aromatic rings. The van der Waals surface area contributed by atoms with Crippen LogP contribution >= 0.6 is 22.9 Å². The lowest BCUT2D eigenvalue weighted by Crippen LogP contribution is -2.36. The van der Waals surface area contributed by atoms with Gasteiger partial charge in [0.15, 0.2) is 0 Å². The van der Waals surface area contributed by atoms with Crippen molar-refractivity contribution in [1.29, 1.82) is 0 Å². The standard InChI is InChI=1S/C20H23ClN4O2S/c1-4-16-15-11-17(19(27)23-9-8-22-18(26)12(2)3)28-20(15)25(24-16)14-7-5-6-13(21)10-14/h5-7,10-12H,4,8-9H2,1-3H3,(H,22,26)(H,23,27). The summed E-state index contributed by atoms with van der Waals surface area (Å²) in [7, 11) is 0. The normalized spacial score (nSPS) is 11.2. The first-order valence-electron chi connectivity index (χ1n) is 9.24. The van der Waals surface area contributed by atoms with E-state index >= 15 is 0 Å². The number of halogens is 1. The molecule has 2 amide bonds. The van der Waals surface area contributed by atoms with Crippen LogP contribution in [-0.2, 0) is 11.2 Å². The van der Waals surface area contributed by atoms with Crippen LogP contribution in [-0.4, -0.2) is 34.7 Å². The molecule has 2 heterocycles. The predicted octanol–water partition coefficient (Wildman–Crippen LogP) is 3.80. The number of aryl methyl sites for hydroxylation is 1. The molecule has 0 aliphatic heterocycles. The third kappa shape index (κ3) is 4.36. The highest BCUT2D eigenvalue weighted by Gasteiger charge is 2.18. The maximum atomic E-state index is 12.5. The van der Waals surface area contributed by atoms with Gasteiger partial charge in [-0.25, -0.2) is 4.68 Å². The van der Waals surface area contributed by atoms with E-state index in [-0.39, 0.29) is 17.7 Å². The molecule has 0 radical (unpaired) electrons. The van der Waals surface area contributed by atoms with E-state index in [0.29, 0.717) is 23.0 Å². The molecule has 0 bridgehead atoms. The summed E-state index contributed by atoms with van der Waals surface area (Å²) in [6.45, 7) is 6.49. The fourth-order valence-electron chi connectivity index (χ4n) is 2.77. The second-order valence-corrected chi connectivity index (χ2v) is 8.19. The quantitative estimate of drug-likeness (QED) is 0.573. The number of nitrogens with one attached hydrogen (secondary N) is 2. The third-order valence-corrected chi connectivity index (χ3v) is 5.63. The Hall–Kier alpha value is -2.38. The highest BCUT2D eigenvalue weighted by atomic mass is 35.5. The van der Waals surface area contributed by atoms with Gasteiger partial charge < -0.3 is 10.6 Å². The van der Waals surface area contributed by atoms with Crippen LogP contribution in [0.25, 0.3) is 15.9 Å². The van der Waals surface area contributed by atoms with Crippen molar-refractivity contribution in [1.82, 2.24) is 20.4 Å². The number of carbonyl (C=O) groups excluding carboxylic acids is 2. The van der Waals surface area contributed by atoms with Crippen LogP contribution in [0.4, 0.5) is 0 Å². The van der Waals surface area contributed by atoms with Gasteiger partial charge in [0, 0.05) is 29.4 Å². The fraction of sp³-hybridized carbons (Fsp3) is 0.350. The Balaban J connectivity index is 1.78. The molecule has 2 aromatic heterocycles. The first-order valence-corrected chi connectivity index (χ1v) is 10.4. The Bertz CT molecular complexity index is 1010. The van der Waals surface area contributed by atoms with Crippen molar-refractivity contribution in [3.8, 4) is 5.69 Å². The minimum atomic E-state index is -0.153. The van der Waals surface area contributed by atoms with Crippen molar-refractivity contribution >= 4 is 45.0 Å². The molecule has 0 atom stereocenters. The number of carbonyl (C=O) groups is 2. The number of benzene rings is 1. The minimum Gasteiger partial charge on any atom is -0.354 e. The van der Waals surface area contributed by atoms with Crippen LogP contribution in [0.15, 0.2) is 30.3 Å². The molecule has 28 heavy (non-hydrogen) atoms. The van der Waals surface area contributed by atoms with Gasteiger partial charge in [-0.1, -0.05) is 38.4 Å². The minimum absolute atomic E-state index is 0.0229. The molecule has 0 saturated heterocycles. The molecule has 1 aromatic carbocycles. The molecule has 0 aliphatic rings. The van der Waals surface area contributed by atoms with E-state index in [1.165, 1.54) is 11.3 Å². The first-order chi connectivity index (χ1) is 13.4. The average molecular weight is 419 g/mol. The largest absolute Gasteiger partial charge is 0.354 e. The Morgan fingerprint density at radius 1 is 1.21 bits per heavy atom. The Morgan fingerprint density at radius 3 is 2.64 bits per heavy atom. The first kappa shape index (κ1) is 20.4. The highest BCUT2D eigenvalue weighted by molar-refractivity contribution is 7.20. The molecular formula is C20H23ClN4O2S. The Morgan fingerprint density at radius 2 is 1.96 bits per heavy atom. The summed E-state index contributed by atoms with van der Waals surface area (Å²) in [6.07, 6.45) is 0.767. The predicted molar refractivity (Wildman–Crippen MR) is 114 cm³/mol. The van der Waals surface area contributed by atoms with Crippen LogP contribution < -0.4 is 10.6 Å². The van der Waals surface area contributed by atoms with Crippen LogP contribution in [0.3, 0.4) is 0 Å². The summed E-state index contributed by atoms with van der Waals surface area (Å²) in [5.74, 6) is -0.245. The van der Waals surface area contributed by atoms with Gasteiger partial charge in [-0.3, -0.25) is 9.59 Å².